The molecule has 0 aliphatic carbocycles. The van der Waals surface area contributed by atoms with E-state index in [9.17, 15) is 38.4 Å². The second-order valence-corrected chi connectivity index (χ2v) is 20.0. The van der Waals surface area contributed by atoms with E-state index in [1.54, 1.807) is 66.7 Å². The highest BCUT2D eigenvalue weighted by Gasteiger charge is 2.22. The predicted molar refractivity (Wildman–Crippen MR) is 338 cm³/mol. The van der Waals surface area contributed by atoms with Crippen LogP contribution >= 0.6 is 0 Å². The number of hydrogen-bond donors (Lipinski definition) is 0. The lowest BCUT2D eigenvalue weighted by atomic mass is 9.92. The van der Waals surface area contributed by atoms with Gasteiger partial charge in [-0.15, -0.1) is 0 Å². The molecular weight excluding hydrogens is 1180 g/mol. The van der Waals surface area contributed by atoms with E-state index in [1.807, 2.05) is 54.6 Å². The van der Waals surface area contributed by atoms with Crippen molar-refractivity contribution in [1.82, 2.24) is 0 Å². The Balaban J connectivity index is 0.742. The first-order chi connectivity index (χ1) is 44.8. The molecule has 0 saturated carbocycles. The molecule has 0 radical (unpaired) electrons. The van der Waals surface area contributed by atoms with Gasteiger partial charge in [-0.05, 0) is 191 Å². The number of carbonyl (C=O) groups excluding carboxylic acids is 8. The molecule has 0 aliphatic heterocycles. The highest BCUT2D eigenvalue weighted by molar-refractivity contribution is 6.09. The lowest BCUT2D eigenvalue weighted by molar-refractivity contribution is -0.138. The summed E-state index contributed by atoms with van der Waals surface area (Å²) in [5, 5.41) is 3.07. The van der Waals surface area contributed by atoms with E-state index in [0.29, 0.717) is 48.7 Å². The summed E-state index contributed by atoms with van der Waals surface area (Å²) in [5.41, 5.74) is 2.31. The van der Waals surface area contributed by atoms with E-state index in [4.69, 9.17) is 47.4 Å². The molecule has 0 aliphatic rings. The van der Waals surface area contributed by atoms with Crippen LogP contribution in [0.5, 0.6) is 46.0 Å². The van der Waals surface area contributed by atoms with E-state index in [2.05, 4.69) is 13.2 Å². The molecule has 0 bridgehead atoms. The molecule has 0 spiro atoms. The van der Waals surface area contributed by atoms with E-state index < -0.39 is 47.8 Å². The van der Waals surface area contributed by atoms with Crippen LogP contribution < -0.4 is 37.9 Å². The number of benzene rings is 10. The molecule has 458 valence electrons. The minimum Gasteiger partial charge on any atom is -0.493 e. The van der Waals surface area contributed by atoms with Gasteiger partial charge in [-0.25, -0.2) is 38.4 Å². The molecule has 0 N–H and O–H groups in total. The third-order valence-corrected chi connectivity index (χ3v) is 13.7. The van der Waals surface area contributed by atoms with Crippen molar-refractivity contribution >= 4 is 69.3 Å². The van der Waals surface area contributed by atoms with Crippen LogP contribution in [0, 0.1) is 0 Å². The molecule has 0 saturated heterocycles. The lowest BCUT2D eigenvalue weighted by Gasteiger charge is -2.17. The second-order valence-electron chi connectivity index (χ2n) is 20.0. The Morgan fingerprint density at radius 2 is 0.630 bits per heavy atom. The van der Waals surface area contributed by atoms with Crippen molar-refractivity contribution in [3.05, 3.63) is 277 Å². The van der Waals surface area contributed by atoms with Gasteiger partial charge < -0.3 is 47.4 Å². The zero-order valence-corrected chi connectivity index (χ0v) is 48.9. The van der Waals surface area contributed by atoms with E-state index in [1.165, 1.54) is 97.1 Å². The van der Waals surface area contributed by atoms with Gasteiger partial charge in [-0.2, -0.15) is 0 Å². The zero-order chi connectivity index (χ0) is 64.3. The molecule has 0 fully saturated rings. The molecule has 10 aromatic rings. The van der Waals surface area contributed by atoms with Crippen LogP contribution in [0.15, 0.2) is 244 Å². The fraction of sp³-hybridized carbons (Fsp3) is 0.0811. The Labute approximate surface area is 526 Å². The summed E-state index contributed by atoms with van der Waals surface area (Å²) in [4.78, 5) is 102. The quantitative estimate of drug-likeness (QED) is 0.0224. The Morgan fingerprint density at radius 3 is 1.01 bits per heavy atom. The van der Waals surface area contributed by atoms with Crippen LogP contribution in [0.3, 0.4) is 0 Å². The summed E-state index contributed by atoms with van der Waals surface area (Å²) < 4.78 is 55.4. The monoisotopic (exact) mass is 1230 g/mol. The third kappa shape index (κ3) is 16.4. The Bertz CT molecular complexity index is 4380. The van der Waals surface area contributed by atoms with Crippen LogP contribution in [0.4, 0.5) is 0 Å². The van der Waals surface area contributed by atoms with Gasteiger partial charge >= 0.3 is 47.8 Å². The minimum absolute atomic E-state index is 0.143. The smallest absolute Gasteiger partial charge is 0.343 e. The Hall–Kier alpha value is -12.4. The van der Waals surface area contributed by atoms with Crippen molar-refractivity contribution in [2.45, 2.75) is 12.8 Å². The molecule has 10 aromatic carbocycles. The van der Waals surface area contributed by atoms with Crippen molar-refractivity contribution < 1.29 is 85.7 Å². The molecule has 10 rings (SSSR count). The maximum absolute atomic E-state index is 14.0. The Morgan fingerprint density at radius 1 is 0.304 bits per heavy atom. The number of esters is 8. The molecule has 0 aromatic heterocycles. The molecule has 0 unspecified atom stereocenters. The highest BCUT2D eigenvalue weighted by atomic mass is 16.6. The fourth-order valence-corrected chi connectivity index (χ4v) is 9.12. The number of hydrogen-bond acceptors (Lipinski definition) is 18. The van der Waals surface area contributed by atoms with Crippen molar-refractivity contribution in [2.75, 3.05) is 26.4 Å². The van der Waals surface area contributed by atoms with Gasteiger partial charge in [0.25, 0.3) is 0 Å². The molecule has 18 nitrogen and oxygen atoms in total. The number of fused-ring (bicyclic) bond motifs is 2. The summed E-state index contributed by atoms with van der Waals surface area (Å²) in [6.45, 7) is 7.63. The van der Waals surface area contributed by atoms with Crippen molar-refractivity contribution in [3.8, 4) is 57.1 Å². The van der Waals surface area contributed by atoms with Gasteiger partial charge in [-0.1, -0.05) is 67.8 Å². The maximum atomic E-state index is 14.0. The average Bonchev–Trinajstić information content (AvgIpc) is 0.784. The number of carbonyl (C=O) groups is 8. The molecule has 0 atom stereocenters. The average molecular weight is 1230 g/mol. The van der Waals surface area contributed by atoms with Gasteiger partial charge in [0.05, 0.1) is 59.8 Å². The fourth-order valence-electron chi connectivity index (χ4n) is 9.12. The topological polar surface area (TPSA) is 229 Å². The van der Waals surface area contributed by atoms with Crippen molar-refractivity contribution in [1.29, 1.82) is 0 Å². The maximum Gasteiger partial charge on any atom is 0.343 e. The summed E-state index contributed by atoms with van der Waals surface area (Å²) >= 11 is 0. The minimum atomic E-state index is -0.709. The lowest BCUT2D eigenvalue weighted by Crippen LogP contribution is -2.11. The molecule has 92 heavy (non-hydrogen) atoms. The van der Waals surface area contributed by atoms with Gasteiger partial charge in [0.2, 0.25) is 0 Å². The van der Waals surface area contributed by atoms with E-state index in [-0.39, 0.29) is 81.1 Å². The molecule has 18 heteroatoms. The predicted octanol–water partition coefficient (Wildman–Crippen LogP) is 14.0. The first-order valence-corrected chi connectivity index (χ1v) is 28.6. The summed E-state index contributed by atoms with van der Waals surface area (Å²) in [6.07, 6.45) is 3.10. The molecular formula is C74H54O18. The van der Waals surface area contributed by atoms with Crippen LogP contribution in [0.2, 0.25) is 0 Å². The van der Waals surface area contributed by atoms with Gasteiger partial charge in [0.1, 0.15) is 46.0 Å². The molecule has 0 heterocycles. The highest BCUT2D eigenvalue weighted by Crippen LogP contribution is 2.43. The van der Waals surface area contributed by atoms with Crippen LogP contribution in [-0.2, 0) is 19.1 Å². The van der Waals surface area contributed by atoms with Crippen LogP contribution in [0.1, 0.15) is 75.0 Å². The van der Waals surface area contributed by atoms with Crippen LogP contribution in [-0.4, -0.2) is 74.2 Å². The first-order valence-electron chi connectivity index (χ1n) is 28.6. The number of rotatable bonds is 25. The first kappa shape index (κ1) is 62.6. The second kappa shape index (κ2) is 30.0. The molecule has 0 amide bonds. The summed E-state index contributed by atoms with van der Waals surface area (Å²) in [5.74, 6) is -3.02. The van der Waals surface area contributed by atoms with Gasteiger partial charge in [0, 0.05) is 30.6 Å². The van der Waals surface area contributed by atoms with Gasteiger partial charge in [-0.3, -0.25) is 0 Å². The van der Waals surface area contributed by atoms with E-state index in [0.717, 1.165) is 33.7 Å². The largest absolute Gasteiger partial charge is 0.493 e. The third-order valence-electron chi connectivity index (χ3n) is 13.7. The summed E-state index contributed by atoms with van der Waals surface area (Å²) in [6, 6.07) is 57.9. The number of ether oxygens (including phenoxy) is 10. The standard InChI is InChI=1S/C74H54O18/c1-3-66(75)85-43-9-41-83-55-28-15-48(16-29-55)69(77)87-57-32-19-50(20-33-57)71(79)89-59-36-23-52(24-37-59)73(81)91-61-45-54-12-6-7-13-62(54)64(46-61)68-63-14-8-5-11-47(63)27-40-65(68)92-74(82)53-25-38-60(39-26-53)90-72(80)51-21-34-58(35-22-51)88-70(78)49-17-30-56(31-18-49)84-42-10-44-86-67(76)4-2/h3-8,11-40,45-46H,1-2,9-10,41-44H2. The van der Waals surface area contributed by atoms with E-state index >= 15 is 0 Å². The summed E-state index contributed by atoms with van der Waals surface area (Å²) in [7, 11) is 0. The Kier molecular flexibility index (Phi) is 20.4. The van der Waals surface area contributed by atoms with Crippen molar-refractivity contribution in [2.24, 2.45) is 0 Å². The zero-order valence-electron chi connectivity index (χ0n) is 48.9. The van der Waals surface area contributed by atoms with Crippen LogP contribution in [0.25, 0.3) is 32.7 Å². The van der Waals surface area contributed by atoms with Gasteiger partial charge in [0.15, 0.2) is 0 Å². The normalized spacial score (nSPS) is 10.7. The van der Waals surface area contributed by atoms with Crippen molar-refractivity contribution in [3.63, 3.8) is 0 Å². The SMILES string of the molecule is C=CC(=O)OCCCOc1ccc(C(=O)Oc2ccc(C(=O)Oc3ccc(C(=O)Oc4cc(-c5c(OC(=O)c6ccc(OC(=O)c7ccc(OC(=O)c8ccc(OCCCOC(=O)C=C)cc8)cc7)cc6)ccc6ccccc56)c5ccccc5c4)cc3)cc2)cc1.